The fourth-order valence-corrected chi connectivity index (χ4v) is 1.98. The summed E-state index contributed by atoms with van der Waals surface area (Å²) in [5.41, 5.74) is 1.24. The molecule has 1 aromatic carbocycles. The number of nitrogens with zero attached hydrogens (tertiary/aromatic N) is 1. The molecule has 0 radical (unpaired) electrons. The van der Waals surface area contributed by atoms with Crippen LogP contribution in [0.25, 0.3) is 0 Å². The molecule has 0 saturated carbocycles. The van der Waals surface area contributed by atoms with Crippen LogP contribution < -0.4 is 5.32 Å². The van der Waals surface area contributed by atoms with E-state index in [9.17, 15) is 9.59 Å². The van der Waals surface area contributed by atoms with E-state index in [4.69, 9.17) is 5.11 Å². The molecule has 1 aromatic rings. The summed E-state index contributed by atoms with van der Waals surface area (Å²) in [7, 11) is 0. The highest BCUT2D eigenvalue weighted by Crippen LogP contribution is 2.01. The van der Waals surface area contributed by atoms with Crippen LogP contribution in [0.15, 0.2) is 43.0 Å². The topological polar surface area (TPSA) is 69.6 Å². The maximum Gasteiger partial charge on any atom is 0.317 e. The van der Waals surface area contributed by atoms with Crippen molar-refractivity contribution in [3.05, 3.63) is 48.6 Å². The Bertz CT molecular complexity index is 460. The van der Waals surface area contributed by atoms with Gasteiger partial charge in [0.05, 0.1) is 13.1 Å². The van der Waals surface area contributed by atoms with Crippen LogP contribution >= 0.6 is 0 Å². The number of carbonyl (C=O) groups excluding carboxylic acids is 1. The molecule has 0 aliphatic carbocycles. The second-order valence-corrected chi connectivity index (χ2v) is 4.79. The first kappa shape index (κ1) is 16.9. The summed E-state index contributed by atoms with van der Waals surface area (Å²) in [6, 6.07) is 10.1. The van der Waals surface area contributed by atoms with E-state index >= 15 is 0 Å². The van der Waals surface area contributed by atoms with Crippen molar-refractivity contribution in [2.24, 2.45) is 0 Å². The van der Waals surface area contributed by atoms with E-state index in [1.165, 1.54) is 10.5 Å². The van der Waals surface area contributed by atoms with E-state index in [-0.39, 0.29) is 19.0 Å². The second kappa shape index (κ2) is 9.72. The third kappa shape index (κ3) is 7.89. The largest absolute Gasteiger partial charge is 0.480 e. The van der Waals surface area contributed by atoms with Gasteiger partial charge in [0, 0.05) is 13.1 Å². The van der Waals surface area contributed by atoms with Gasteiger partial charge in [-0.05, 0) is 18.4 Å². The lowest BCUT2D eigenvalue weighted by molar-refractivity contribution is -0.138. The molecule has 5 heteroatoms. The third-order valence-electron chi connectivity index (χ3n) is 2.92. The normalized spacial score (nSPS) is 10.3. The van der Waals surface area contributed by atoms with Crippen LogP contribution in [-0.2, 0) is 16.0 Å². The molecular weight excluding hydrogens is 268 g/mol. The Hall–Kier alpha value is -2.14. The number of nitrogens with one attached hydrogen (secondary N) is 1. The molecule has 114 valence electrons. The van der Waals surface area contributed by atoms with Gasteiger partial charge in [-0.25, -0.2) is 0 Å². The van der Waals surface area contributed by atoms with E-state index in [1.807, 2.05) is 18.2 Å². The first-order valence-electron chi connectivity index (χ1n) is 6.97. The van der Waals surface area contributed by atoms with E-state index in [2.05, 4.69) is 24.0 Å². The van der Waals surface area contributed by atoms with Gasteiger partial charge in [0.1, 0.15) is 0 Å². The molecular formula is C16H22N2O3. The summed E-state index contributed by atoms with van der Waals surface area (Å²) >= 11 is 0. The molecule has 0 spiro atoms. The minimum absolute atomic E-state index is 0.0731. The van der Waals surface area contributed by atoms with Crippen LogP contribution in [0.5, 0.6) is 0 Å². The van der Waals surface area contributed by atoms with Crippen molar-refractivity contribution in [1.29, 1.82) is 0 Å². The van der Waals surface area contributed by atoms with Crippen LogP contribution in [0.2, 0.25) is 0 Å². The quantitative estimate of drug-likeness (QED) is 0.503. The minimum atomic E-state index is -0.950. The second-order valence-electron chi connectivity index (χ2n) is 4.79. The lowest BCUT2D eigenvalue weighted by atomic mass is 10.1. The first-order valence-corrected chi connectivity index (χ1v) is 6.97. The lowest BCUT2D eigenvalue weighted by Crippen LogP contribution is -2.40. The summed E-state index contributed by atoms with van der Waals surface area (Å²) in [5, 5.41) is 11.6. The smallest absolute Gasteiger partial charge is 0.317 e. The molecule has 0 bridgehead atoms. The van der Waals surface area contributed by atoms with Gasteiger partial charge in [0.15, 0.2) is 0 Å². The number of aryl methyl sites for hydroxylation is 1. The third-order valence-corrected chi connectivity index (χ3v) is 2.92. The Balaban J connectivity index is 2.23. The summed E-state index contributed by atoms with van der Waals surface area (Å²) in [6.07, 6.45) is 3.36. The number of carboxylic acid groups (broad SMARTS) is 1. The Morgan fingerprint density at radius 1 is 1.24 bits per heavy atom. The lowest BCUT2D eigenvalue weighted by Gasteiger charge is -2.17. The van der Waals surface area contributed by atoms with Gasteiger partial charge >= 0.3 is 5.97 Å². The highest BCUT2D eigenvalue weighted by atomic mass is 16.4. The molecule has 0 fully saturated rings. The molecule has 1 amide bonds. The van der Waals surface area contributed by atoms with Crippen molar-refractivity contribution in [2.45, 2.75) is 12.8 Å². The molecule has 21 heavy (non-hydrogen) atoms. The highest BCUT2D eigenvalue weighted by Gasteiger charge is 2.12. The van der Waals surface area contributed by atoms with E-state index in [0.29, 0.717) is 13.1 Å². The van der Waals surface area contributed by atoms with Gasteiger partial charge < -0.3 is 10.4 Å². The minimum Gasteiger partial charge on any atom is -0.480 e. The standard InChI is InChI=1S/C16H22N2O3/c1-2-11-18(13-16(20)21)12-15(19)17-10-6-9-14-7-4-3-5-8-14/h2-5,7-8H,1,6,9-13H2,(H,17,19)(H,20,21). The van der Waals surface area contributed by atoms with Crippen molar-refractivity contribution >= 4 is 11.9 Å². The van der Waals surface area contributed by atoms with Crippen molar-refractivity contribution in [3.63, 3.8) is 0 Å². The van der Waals surface area contributed by atoms with Crippen LogP contribution in [0.3, 0.4) is 0 Å². The van der Waals surface area contributed by atoms with E-state index in [1.54, 1.807) is 6.08 Å². The van der Waals surface area contributed by atoms with Gasteiger partial charge in [0.25, 0.3) is 0 Å². The van der Waals surface area contributed by atoms with Crippen molar-refractivity contribution < 1.29 is 14.7 Å². The molecule has 1 rings (SSSR count). The van der Waals surface area contributed by atoms with Gasteiger partial charge in [0.2, 0.25) is 5.91 Å². The molecule has 0 atom stereocenters. The molecule has 2 N–H and O–H groups in total. The SMILES string of the molecule is C=CCN(CC(=O)O)CC(=O)NCCCc1ccccc1. The predicted molar refractivity (Wildman–Crippen MR) is 82.0 cm³/mol. The van der Waals surface area contributed by atoms with Gasteiger partial charge in [-0.2, -0.15) is 0 Å². The van der Waals surface area contributed by atoms with Gasteiger partial charge in [-0.15, -0.1) is 6.58 Å². The molecule has 0 saturated heterocycles. The predicted octanol–water partition coefficient (Wildman–Crippen LogP) is 1.31. The molecule has 0 heterocycles. The van der Waals surface area contributed by atoms with Crippen molar-refractivity contribution in [3.8, 4) is 0 Å². The maximum absolute atomic E-state index is 11.7. The fraction of sp³-hybridized carbons (Fsp3) is 0.375. The monoisotopic (exact) mass is 290 g/mol. The number of benzene rings is 1. The average molecular weight is 290 g/mol. The van der Waals surface area contributed by atoms with E-state index in [0.717, 1.165) is 12.8 Å². The van der Waals surface area contributed by atoms with Crippen LogP contribution in [-0.4, -0.2) is 48.1 Å². The maximum atomic E-state index is 11.7. The number of hydrogen-bond donors (Lipinski definition) is 2. The summed E-state index contributed by atoms with van der Waals surface area (Å²) < 4.78 is 0. The molecule has 0 unspecified atom stereocenters. The Kier molecular flexibility index (Phi) is 7.82. The molecule has 0 aromatic heterocycles. The van der Waals surface area contributed by atoms with E-state index < -0.39 is 5.97 Å². The summed E-state index contributed by atoms with van der Waals surface area (Å²) in [6.45, 7) is 4.43. The Morgan fingerprint density at radius 3 is 2.57 bits per heavy atom. The zero-order chi connectivity index (χ0) is 15.5. The van der Waals surface area contributed by atoms with Crippen LogP contribution in [0, 0.1) is 0 Å². The number of rotatable bonds is 10. The van der Waals surface area contributed by atoms with Crippen LogP contribution in [0.1, 0.15) is 12.0 Å². The van der Waals surface area contributed by atoms with Gasteiger partial charge in [-0.1, -0.05) is 36.4 Å². The molecule has 5 nitrogen and oxygen atoms in total. The molecule has 0 aliphatic rings. The number of hydrogen-bond acceptors (Lipinski definition) is 3. The number of carboxylic acids is 1. The first-order chi connectivity index (χ1) is 10.1. The van der Waals surface area contributed by atoms with Crippen molar-refractivity contribution in [2.75, 3.05) is 26.2 Å². The average Bonchev–Trinajstić information content (AvgIpc) is 2.44. The highest BCUT2D eigenvalue weighted by molar-refractivity contribution is 5.79. The molecule has 0 aliphatic heterocycles. The Morgan fingerprint density at radius 2 is 1.95 bits per heavy atom. The summed E-state index contributed by atoms with van der Waals surface area (Å²) in [4.78, 5) is 23.9. The van der Waals surface area contributed by atoms with Gasteiger partial charge in [-0.3, -0.25) is 14.5 Å². The number of carbonyl (C=O) groups is 2. The summed E-state index contributed by atoms with van der Waals surface area (Å²) in [5.74, 6) is -1.11. The van der Waals surface area contributed by atoms with Crippen molar-refractivity contribution in [1.82, 2.24) is 10.2 Å². The number of amides is 1. The van der Waals surface area contributed by atoms with Crippen LogP contribution in [0.4, 0.5) is 0 Å². The fourth-order valence-electron chi connectivity index (χ4n) is 1.98. The zero-order valence-corrected chi connectivity index (χ0v) is 12.1. The Labute approximate surface area is 125 Å². The number of aliphatic carboxylic acids is 1. The zero-order valence-electron chi connectivity index (χ0n) is 12.1.